The van der Waals surface area contributed by atoms with Gasteiger partial charge in [0.1, 0.15) is 0 Å². The van der Waals surface area contributed by atoms with Crippen LogP contribution in [0.25, 0.3) is 0 Å². The van der Waals surface area contributed by atoms with Crippen molar-refractivity contribution in [1.82, 2.24) is 15.2 Å². The molecule has 0 aliphatic carbocycles. The summed E-state index contributed by atoms with van der Waals surface area (Å²) in [4.78, 5) is 5.98. The number of hydrogen-bond donors (Lipinski definition) is 2. The van der Waals surface area contributed by atoms with Gasteiger partial charge in [-0.1, -0.05) is 13.8 Å². The number of nitrogens with zero attached hydrogens (tertiary/aromatic N) is 1. The molecule has 0 radical (unpaired) electrons. The maximum atomic E-state index is 3.42. The van der Waals surface area contributed by atoms with Crippen LogP contribution in [0.4, 0.5) is 0 Å². The summed E-state index contributed by atoms with van der Waals surface area (Å²) in [5.74, 6) is 0.739. The van der Waals surface area contributed by atoms with Crippen molar-refractivity contribution >= 4 is 0 Å². The molecule has 1 aliphatic heterocycles. The largest absolute Gasteiger partial charge is 0.364 e. The van der Waals surface area contributed by atoms with Gasteiger partial charge in [0.2, 0.25) is 0 Å². The van der Waals surface area contributed by atoms with E-state index in [0.29, 0.717) is 6.04 Å². The van der Waals surface area contributed by atoms with Gasteiger partial charge < -0.3 is 10.3 Å². The molecule has 1 fully saturated rings. The first-order valence-corrected chi connectivity index (χ1v) is 6.35. The summed E-state index contributed by atoms with van der Waals surface area (Å²) in [6, 6.07) is 4.89. The van der Waals surface area contributed by atoms with Gasteiger partial charge in [0.15, 0.2) is 0 Å². The number of piperazine rings is 1. The maximum absolute atomic E-state index is 3.42. The monoisotopic (exact) mass is 221 g/mol. The second kappa shape index (κ2) is 5.51. The van der Waals surface area contributed by atoms with E-state index in [4.69, 9.17) is 0 Å². The molecule has 2 rings (SSSR count). The van der Waals surface area contributed by atoms with Gasteiger partial charge in [-0.2, -0.15) is 0 Å². The molecule has 0 spiro atoms. The van der Waals surface area contributed by atoms with Crippen LogP contribution < -0.4 is 5.32 Å². The molecule has 0 saturated carbocycles. The maximum Gasteiger partial charge on any atom is 0.0501 e. The standard InChI is InChI=1S/C13H23N3/c1-11(2)10-13(12-4-3-5-15-12)16-8-6-14-7-9-16/h3-5,11,13-15H,6-10H2,1-2H3/t13-/m0/s1. The molecule has 0 aromatic carbocycles. The summed E-state index contributed by atoms with van der Waals surface area (Å²) >= 11 is 0. The second-order valence-electron chi connectivity index (χ2n) is 5.06. The third-order valence-electron chi connectivity index (χ3n) is 3.27. The number of hydrogen-bond acceptors (Lipinski definition) is 2. The van der Waals surface area contributed by atoms with E-state index in [0.717, 1.165) is 32.1 Å². The van der Waals surface area contributed by atoms with E-state index in [1.54, 1.807) is 0 Å². The fourth-order valence-electron chi connectivity index (χ4n) is 2.46. The minimum absolute atomic E-state index is 0.567. The van der Waals surface area contributed by atoms with Crippen molar-refractivity contribution in [2.24, 2.45) is 5.92 Å². The Kier molecular flexibility index (Phi) is 4.02. The van der Waals surface area contributed by atoms with Gasteiger partial charge in [-0.05, 0) is 24.5 Å². The minimum Gasteiger partial charge on any atom is -0.364 e. The Balaban J connectivity index is 2.07. The highest BCUT2D eigenvalue weighted by Gasteiger charge is 2.23. The fourth-order valence-corrected chi connectivity index (χ4v) is 2.46. The number of aromatic nitrogens is 1. The van der Waals surface area contributed by atoms with Crippen molar-refractivity contribution in [3.8, 4) is 0 Å². The highest BCUT2D eigenvalue weighted by Crippen LogP contribution is 2.26. The van der Waals surface area contributed by atoms with E-state index in [-0.39, 0.29) is 0 Å². The highest BCUT2D eigenvalue weighted by molar-refractivity contribution is 5.10. The number of rotatable bonds is 4. The van der Waals surface area contributed by atoms with Crippen LogP contribution in [0.15, 0.2) is 18.3 Å². The molecular formula is C13H23N3. The average Bonchev–Trinajstić information content (AvgIpc) is 2.80. The summed E-state index contributed by atoms with van der Waals surface area (Å²) in [6.07, 6.45) is 3.27. The molecule has 2 heterocycles. The van der Waals surface area contributed by atoms with Crippen molar-refractivity contribution in [3.05, 3.63) is 24.0 Å². The summed E-state index contributed by atoms with van der Waals surface area (Å²) in [5, 5.41) is 3.42. The van der Waals surface area contributed by atoms with Crippen LogP contribution in [0.3, 0.4) is 0 Å². The summed E-state index contributed by atoms with van der Waals surface area (Å²) in [5.41, 5.74) is 1.37. The van der Waals surface area contributed by atoms with E-state index in [1.807, 2.05) is 6.20 Å². The molecule has 0 bridgehead atoms. The molecule has 3 heteroatoms. The molecule has 3 nitrogen and oxygen atoms in total. The van der Waals surface area contributed by atoms with E-state index in [1.165, 1.54) is 12.1 Å². The Morgan fingerprint density at radius 1 is 1.31 bits per heavy atom. The second-order valence-corrected chi connectivity index (χ2v) is 5.06. The minimum atomic E-state index is 0.567. The Morgan fingerprint density at radius 2 is 2.06 bits per heavy atom. The van der Waals surface area contributed by atoms with Crippen molar-refractivity contribution in [3.63, 3.8) is 0 Å². The Bertz CT molecular complexity index is 286. The quantitative estimate of drug-likeness (QED) is 0.815. The highest BCUT2D eigenvalue weighted by atomic mass is 15.2. The van der Waals surface area contributed by atoms with E-state index in [2.05, 4.69) is 41.2 Å². The zero-order valence-electron chi connectivity index (χ0n) is 10.4. The van der Waals surface area contributed by atoms with Crippen LogP contribution in [-0.4, -0.2) is 36.1 Å². The zero-order chi connectivity index (χ0) is 11.4. The van der Waals surface area contributed by atoms with Crippen LogP contribution in [-0.2, 0) is 0 Å². The molecule has 1 aromatic heterocycles. The van der Waals surface area contributed by atoms with E-state index >= 15 is 0 Å². The SMILES string of the molecule is CC(C)C[C@@H](c1ccc[nH]1)N1CCNCC1. The lowest BCUT2D eigenvalue weighted by Crippen LogP contribution is -2.45. The van der Waals surface area contributed by atoms with Gasteiger partial charge in [-0.3, -0.25) is 4.90 Å². The smallest absolute Gasteiger partial charge is 0.0501 e. The van der Waals surface area contributed by atoms with Gasteiger partial charge >= 0.3 is 0 Å². The zero-order valence-corrected chi connectivity index (χ0v) is 10.4. The van der Waals surface area contributed by atoms with Crippen LogP contribution >= 0.6 is 0 Å². The molecule has 1 atom stereocenters. The lowest BCUT2D eigenvalue weighted by Gasteiger charge is -2.35. The van der Waals surface area contributed by atoms with E-state index in [9.17, 15) is 0 Å². The lowest BCUT2D eigenvalue weighted by atomic mass is 9.99. The number of nitrogens with one attached hydrogen (secondary N) is 2. The molecule has 2 N–H and O–H groups in total. The molecule has 1 aromatic rings. The van der Waals surface area contributed by atoms with Crippen molar-refractivity contribution < 1.29 is 0 Å². The van der Waals surface area contributed by atoms with Gasteiger partial charge in [-0.15, -0.1) is 0 Å². The predicted octanol–water partition coefficient (Wildman–Crippen LogP) is 2.01. The van der Waals surface area contributed by atoms with Crippen LogP contribution in [0.1, 0.15) is 32.0 Å². The molecule has 1 saturated heterocycles. The first-order chi connectivity index (χ1) is 7.77. The van der Waals surface area contributed by atoms with Gasteiger partial charge in [-0.25, -0.2) is 0 Å². The fraction of sp³-hybridized carbons (Fsp3) is 0.692. The Labute approximate surface area is 98.2 Å². The number of aromatic amines is 1. The normalized spacial score (nSPS) is 20.2. The molecule has 16 heavy (non-hydrogen) atoms. The van der Waals surface area contributed by atoms with E-state index < -0.39 is 0 Å². The summed E-state index contributed by atoms with van der Waals surface area (Å²) < 4.78 is 0. The molecule has 1 aliphatic rings. The molecule has 0 amide bonds. The van der Waals surface area contributed by atoms with Crippen LogP contribution in [0.5, 0.6) is 0 Å². The molecule has 90 valence electrons. The average molecular weight is 221 g/mol. The first kappa shape index (κ1) is 11.7. The first-order valence-electron chi connectivity index (χ1n) is 6.35. The van der Waals surface area contributed by atoms with Crippen LogP contribution in [0.2, 0.25) is 0 Å². The third-order valence-corrected chi connectivity index (χ3v) is 3.27. The van der Waals surface area contributed by atoms with Gasteiger partial charge in [0.25, 0.3) is 0 Å². The summed E-state index contributed by atoms with van der Waals surface area (Å²) in [7, 11) is 0. The summed E-state index contributed by atoms with van der Waals surface area (Å²) in [6.45, 7) is 9.17. The number of H-pyrrole nitrogens is 1. The van der Waals surface area contributed by atoms with Gasteiger partial charge in [0.05, 0.1) is 6.04 Å². The van der Waals surface area contributed by atoms with Crippen molar-refractivity contribution in [1.29, 1.82) is 0 Å². The topological polar surface area (TPSA) is 31.1 Å². The Morgan fingerprint density at radius 3 is 2.62 bits per heavy atom. The predicted molar refractivity (Wildman–Crippen MR) is 67.4 cm³/mol. The van der Waals surface area contributed by atoms with Crippen molar-refractivity contribution in [2.75, 3.05) is 26.2 Å². The molecule has 0 unspecified atom stereocenters. The van der Waals surface area contributed by atoms with Crippen LogP contribution in [0, 0.1) is 5.92 Å². The third kappa shape index (κ3) is 2.86. The van der Waals surface area contributed by atoms with Gasteiger partial charge in [0, 0.05) is 38.1 Å². The molecular weight excluding hydrogens is 198 g/mol. The van der Waals surface area contributed by atoms with Crippen molar-refractivity contribution in [2.45, 2.75) is 26.3 Å². The Hall–Kier alpha value is -0.800. The lowest BCUT2D eigenvalue weighted by molar-refractivity contribution is 0.151.